The molecule has 1 fully saturated rings. The first-order valence-electron chi connectivity index (χ1n) is 11.7. The van der Waals surface area contributed by atoms with Crippen LogP contribution in [0.2, 0.25) is 0 Å². The summed E-state index contributed by atoms with van der Waals surface area (Å²) in [5, 5.41) is 23.8. The lowest BCUT2D eigenvalue weighted by Crippen LogP contribution is -2.24. The molecule has 2 aromatic heterocycles. The molecule has 0 radical (unpaired) electrons. The van der Waals surface area contributed by atoms with Crippen LogP contribution in [0.5, 0.6) is 0 Å². The summed E-state index contributed by atoms with van der Waals surface area (Å²) in [4.78, 5) is 9.87. The summed E-state index contributed by atoms with van der Waals surface area (Å²) in [6, 6.07) is 10.3. The average molecular weight is 457 g/mol. The smallest absolute Gasteiger partial charge is 0.207 e. The molecule has 4 rings (SSSR count). The van der Waals surface area contributed by atoms with E-state index in [-0.39, 0.29) is 12.1 Å². The summed E-state index contributed by atoms with van der Waals surface area (Å²) >= 11 is 0. The Morgan fingerprint density at radius 3 is 2.27 bits per heavy atom. The van der Waals surface area contributed by atoms with Crippen molar-refractivity contribution in [2.24, 2.45) is 7.05 Å². The van der Waals surface area contributed by atoms with Gasteiger partial charge in [0.2, 0.25) is 6.41 Å². The molecule has 0 spiro atoms. The van der Waals surface area contributed by atoms with Gasteiger partial charge in [-0.3, -0.25) is 9.48 Å². The molecule has 1 aliphatic rings. The van der Waals surface area contributed by atoms with Crippen LogP contribution >= 0.6 is 0 Å². The average Bonchev–Trinajstić information content (AvgIpc) is 3.56. The van der Waals surface area contributed by atoms with Crippen molar-refractivity contribution in [3.05, 3.63) is 48.3 Å². The highest BCUT2D eigenvalue weighted by Gasteiger charge is 2.21. The van der Waals surface area contributed by atoms with Gasteiger partial charge < -0.3 is 15.7 Å². The van der Waals surface area contributed by atoms with E-state index in [1.165, 1.54) is 0 Å². The van der Waals surface area contributed by atoms with Gasteiger partial charge in [0.15, 0.2) is 0 Å². The molecule has 8 nitrogen and oxygen atoms in total. The van der Waals surface area contributed by atoms with E-state index in [1.807, 2.05) is 89.2 Å². The summed E-state index contributed by atoms with van der Waals surface area (Å²) in [6.45, 7) is 10.1. The normalized spacial score (nSPS) is 16.2. The highest BCUT2D eigenvalue weighted by Crippen LogP contribution is 2.29. The summed E-state index contributed by atoms with van der Waals surface area (Å²) in [5.74, 6) is 0.995. The number of aromatic nitrogens is 4. The van der Waals surface area contributed by atoms with Crippen molar-refractivity contribution in [1.82, 2.24) is 24.9 Å². The largest absolute Gasteiger partial charge is 0.393 e. The molecule has 0 saturated heterocycles. The zero-order chi connectivity index (χ0) is 24.8. The Morgan fingerprint density at radius 1 is 1.12 bits per heavy atom. The van der Waals surface area contributed by atoms with Crippen LogP contribution in [-0.2, 0) is 11.8 Å². The van der Waals surface area contributed by atoms with Gasteiger partial charge in [-0.25, -0.2) is 4.68 Å². The number of anilines is 1. The van der Waals surface area contributed by atoms with Crippen molar-refractivity contribution < 1.29 is 9.90 Å². The fourth-order valence-electron chi connectivity index (χ4n) is 3.57. The van der Waals surface area contributed by atoms with Crippen LogP contribution in [0.1, 0.15) is 52.5 Å². The van der Waals surface area contributed by atoms with Crippen molar-refractivity contribution in [3.63, 3.8) is 0 Å². The Balaban J connectivity index is 0.000000352. The monoisotopic (exact) mass is 456 g/mol. The van der Waals surface area contributed by atoms with E-state index in [0.29, 0.717) is 6.41 Å². The van der Waals surface area contributed by atoms with Gasteiger partial charge in [-0.1, -0.05) is 45.9 Å². The highest BCUT2D eigenvalue weighted by molar-refractivity contribution is 5.69. The number of aliphatic hydroxyl groups excluding tert-OH is 1. The van der Waals surface area contributed by atoms with Crippen LogP contribution in [0.3, 0.4) is 0 Å². The molecule has 1 amide bonds. The van der Waals surface area contributed by atoms with E-state index >= 15 is 0 Å². The summed E-state index contributed by atoms with van der Waals surface area (Å²) < 4.78 is 3.72. The molecule has 2 heterocycles. The number of amides is 1. The SMILES string of the molecule is CC.CC.CNc1c(C)c(-c2cnn(C)c2)nn1-c1ccccc1.O=CNC1CCC(O)C1. The number of para-hydroxylation sites is 1. The molecule has 3 N–H and O–H groups in total. The number of carbonyl (C=O) groups is 1. The number of benzene rings is 1. The maximum atomic E-state index is 9.87. The van der Waals surface area contributed by atoms with Crippen LogP contribution < -0.4 is 10.6 Å². The van der Waals surface area contributed by atoms with E-state index in [9.17, 15) is 4.79 Å². The Labute approximate surface area is 198 Å². The lowest BCUT2D eigenvalue weighted by Gasteiger charge is -2.06. The molecule has 182 valence electrons. The fraction of sp³-hybridized carbons (Fsp3) is 0.480. The van der Waals surface area contributed by atoms with E-state index in [0.717, 1.165) is 47.6 Å². The minimum Gasteiger partial charge on any atom is -0.393 e. The molecular weight excluding hydrogens is 416 g/mol. The maximum Gasteiger partial charge on any atom is 0.207 e. The predicted molar refractivity (Wildman–Crippen MR) is 136 cm³/mol. The number of aryl methyl sites for hydroxylation is 1. The summed E-state index contributed by atoms with van der Waals surface area (Å²) in [5.41, 5.74) is 4.13. The first-order chi connectivity index (χ1) is 16.0. The first-order valence-corrected chi connectivity index (χ1v) is 11.7. The molecule has 1 saturated carbocycles. The number of hydrogen-bond acceptors (Lipinski definition) is 5. The van der Waals surface area contributed by atoms with E-state index in [2.05, 4.69) is 22.7 Å². The van der Waals surface area contributed by atoms with Gasteiger partial charge in [-0.05, 0) is 38.3 Å². The second-order valence-corrected chi connectivity index (χ2v) is 7.17. The topological polar surface area (TPSA) is 97.0 Å². The van der Waals surface area contributed by atoms with Crippen molar-refractivity contribution >= 4 is 12.2 Å². The molecule has 0 bridgehead atoms. The van der Waals surface area contributed by atoms with E-state index in [4.69, 9.17) is 10.2 Å². The minimum atomic E-state index is -0.192. The van der Waals surface area contributed by atoms with Crippen molar-refractivity contribution in [2.75, 3.05) is 12.4 Å². The third-order valence-electron chi connectivity index (χ3n) is 5.05. The number of nitrogens with zero attached hydrogens (tertiary/aromatic N) is 4. The Kier molecular flexibility index (Phi) is 12.5. The van der Waals surface area contributed by atoms with Crippen LogP contribution in [-0.4, -0.2) is 50.3 Å². The van der Waals surface area contributed by atoms with Gasteiger partial charge in [0.1, 0.15) is 11.5 Å². The zero-order valence-electron chi connectivity index (χ0n) is 21.0. The van der Waals surface area contributed by atoms with E-state index < -0.39 is 0 Å². The lowest BCUT2D eigenvalue weighted by atomic mass is 10.1. The van der Waals surface area contributed by atoms with E-state index in [1.54, 1.807) is 4.68 Å². The quantitative estimate of drug-likeness (QED) is 0.497. The summed E-state index contributed by atoms with van der Waals surface area (Å²) in [7, 11) is 3.82. The minimum absolute atomic E-state index is 0.192. The predicted octanol–water partition coefficient (Wildman–Crippen LogP) is 4.32. The summed E-state index contributed by atoms with van der Waals surface area (Å²) in [6.07, 6.45) is 6.78. The molecule has 2 unspecified atom stereocenters. The number of hydrogen-bond donors (Lipinski definition) is 3. The second kappa shape index (κ2) is 14.8. The van der Waals surface area contributed by atoms with Gasteiger partial charge in [0.25, 0.3) is 0 Å². The second-order valence-electron chi connectivity index (χ2n) is 7.17. The Hall–Kier alpha value is -3.13. The molecule has 0 aliphatic heterocycles. The van der Waals surface area contributed by atoms with Crippen molar-refractivity contribution in [2.45, 2.75) is 66.0 Å². The third-order valence-corrected chi connectivity index (χ3v) is 5.05. The van der Waals surface area contributed by atoms with Crippen LogP contribution in [0.4, 0.5) is 5.82 Å². The number of rotatable bonds is 5. The van der Waals surface area contributed by atoms with Gasteiger partial charge >= 0.3 is 0 Å². The third kappa shape index (κ3) is 7.75. The number of carbonyl (C=O) groups excluding carboxylic acids is 1. The van der Waals surface area contributed by atoms with Crippen LogP contribution in [0.25, 0.3) is 16.9 Å². The maximum absolute atomic E-state index is 9.87. The van der Waals surface area contributed by atoms with Crippen LogP contribution in [0.15, 0.2) is 42.7 Å². The van der Waals surface area contributed by atoms with Crippen LogP contribution in [0, 0.1) is 6.92 Å². The molecule has 33 heavy (non-hydrogen) atoms. The number of nitrogens with one attached hydrogen (secondary N) is 2. The molecule has 2 atom stereocenters. The first kappa shape index (κ1) is 27.9. The standard InChI is InChI=1S/C15H17N5.C6H11NO2.2C2H6/c1-11-14(12-9-17-19(3)10-12)18-20(15(11)16-2)13-7-5-4-6-8-13;8-4-7-5-1-2-6(9)3-5;2*1-2/h4-10,16H,1-3H3;4-6,9H,1-3H2,(H,7,8);2*1-2H3. The molecule has 8 heteroatoms. The van der Waals surface area contributed by atoms with Crippen molar-refractivity contribution in [1.29, 1.82) is 0 Å². The zero-order valence-corrected chi connectivity index (χ0v) is 21.0. The highest BCUT2D eigenvalue weighted by atomic mass is 16.3. The Morgan fingerprint density at radius 2 is 1.79 bits per heavy atom. The Bertz CT molecular complexity index is 936. The molecule has 3 aromatic rings. The fourth-order valence-corrected chi connectivity index (χ4v) is 3.57. The van der Waals surface area contributed by atoms with Crippen molar-refractivity contribution in [3.8, 4) is 16.9 Å². The molecular formula is C25H40N6O2. The van der Waals surface area contributed by atoms with Gasteiger partial charge in [0, 0.05) is 37.5 Å². The lowest BCUT2D eigenvalue weighted by molar-refractivity contribution is -0.110. The molecule has 1 aliphatic carbocycles. The number of aliphatic hydroxyl groups is 1. The van der Waals surface area contributed by atoms with Gasteiger partial charge in [-0.15, -0.1) is 0 Å². The molecule has 1 aromatic carbocycles. The van der Waals surface area contributed by atoms with Gasteiger partial charge in [-0.2, -0.15) is 10.2 Å². The van der Waals surface area contributed by atoms with Gasteiger partial charge in [0.05, 0.1) is 18.0 Å².